The van der Waals surface area contributed by atoms with Crippen LogP contribution in [0, 0.1) is 12.7 Å². The van der Waals surface area contributed by atoms with E-state index in [-0.39, 0.29) is 17.8 Å². The second-order valence-electron chi connectivity index (χ2n) is 4.67. The highest BCUT2D eigenvalue weighted by atomic mass is 32.1. The lowest BCUT2D eigenvalue weighted by Crippen LogP contribution is -2.34. The maximum atomic E-state index is 12.8. The summed E-state index contributed by atoms with van der Waals surface area (Å²) >= 11 is 1.18. The highest BCUT2D eigenvalue weighted by Gasteiger charge is 2.16. The van der Waals surface area contributed by atoms with Gasteiger partial charge < -0.3 is 11.1 Å². The minimum Gasteiger partial charge on any atom is -0.375 e. The molecule has 0 spiro atoms. The summed E-state index contributed by atoms with van der Waals surface area (Å²) in [6, 6.07) is 6.20. The summed E-state index contributed by atoms with van der Waals surface area (Å²) < 4.78 is 12.8. The molecule has 2 rings (SSSR count). The number of halogens is 1. The van der Waals surface area contributed by atoms with Crippen molar-refractivity contribution < 1.29 is 9.18 Å². The van der Waals surface area contributed by atoms with Crippen LogP contribution in [0.25, 0.3) is 0 Å². The molecule has 1 aromatic heterocycles. The monoisotopic (exact) mass is 293 g/mol. The van der Waals surface area contributed by atoms with Crippen LogP contribution in [0.4, 0.5) is 9.52 Å². The normalized spacial score (nSPS) is 12.2. The van der Waals surface area contributed by atoms with Crippen molar-refractivity contribution in [1.29, 1.82) is 0 Å². The molecule has 0 saturated carbocycles. The zero-order valence-electron chi connectivity index (χ0n) is 11.3. The molecule has 1 amide bonds. The smallest absolute Gasteiger partial charge is 0.263 e. The lowest BCUT2D eigenvalue weighted by Gasteiger charge is -2.13. The quantitative estimate of drug-likeness (QED) is 0.910. The number of aromatic nitrogens is 1. The zero-order valence-corrected chi connectivity index (χ0v) is 12.1. The van der Waals surface area contributed by atoms with Gasteiger partial charge in [-0.25, -0.2) is 9.37 Å². The van der Waals surface area contributed by atoms with E-state index >= 15 is 0 Å². The van der Waals surface area contributed by atoms with Crippen molar-refractivity contribution in [3.63, 3.8) is 0 Å². The first kappa shape index (κ1) is 14.5. The van der Waals surface area contributed by atoms with E-state index in [4.69, 9.17) is 5.73 Å². The van der Waals surface area contributed by atoms with Gasteiger partial charge in [0.1, 0.15) is 10.7 Å². The summed E-state index contributed by atoms with van der Waals surface area (Å²) in [6.45, 7) is 3.66. The SMILES string of the molecule is Cc1nc(N)sc1C(=O)NC(C)Cc1ccc(F)cc1. The number of aryl methyl sites for hydroxylation is 1. The molecule has 6 heteroatoms. The molecule has 20 heavy (non-hydrogen) atoms. The molecule has 0 fully saturated rings. The number of benzene rings is 1. The van der Waals surface area contributed by atoms with Crippen molar-refractivity contribution in [2.45, 2.75) is 26.3 Å². The molecule has 0 aliphatic heterocycles. The predicted octanol–water partition coefficient (Wildman–Crippen LogP) is 2.53. The Bertz CT molecular complexity index is 609. The number of thiazole rings is 1. The molecule has 1 unspecified atom stereocenters. The van der Waals surface area contributed by atoms with Crippen molar-refractivity contribution in [2.24, 2.45) is 0 Å². The number of rotatable bonds is 4. The van der Waals surface area contributed by atoms with Gasteiger partial charge in [-0.1, -0.05) is 23.5 Å². The van der Waals surface area contributed by atoms with E-state index in [1.54, 1.807) is 19.1 Å². The van der Waals surface area contributed by atoms with E-state index in [2.05, 4.69) is 10.3 Å². The predicted molar refractivity (Wildman–Crippen MR) is 78.3 cm³/mol. The Morgan fingerprint density at radius 2 is 2.10 bits per heavy atom. The molecule has 3 N–H and O–H groups in total. The van der Waals surface area contributed by atoms with Crippen molar-refractivity contribution in [3.8, 4) is 0 Å². The lowest BCUT2D eigenvalue weighted by atomic mass is 10.1. The Morgan fingerprint density at radius 3 is 2.65 bits per heavy atom. The van der Waals surface area contributed by atoms with E-state index < -0.39 is 0 Å². The van der Waals surface area contributed by atoms with Gasteiger partial charge in [0.2, 0.25) is 0 Å². The highest BCUT2D eigenvalue weighted by molar-refractivity contribution is 7.17. The Labute approximate surface area is 120 Å². The summed E-state index contributed by atoms with van der Waals surface area (Å²) in [5, 5.41) is 3.28. The van der Waals surface area contributed by atoms with Gasteiger partial charge in [-0.2, -0.15) is 0 Å². The number of hydrogen-bond acceptors (Lipinski definition) is 4. The Balaban J connectivity index is 1.97. The van der Waals surface area contributed by atoms with Crippen molar-refractivity contribution in [2.75, 3.05) is 5.73 Å². The highest BCUT2D eigenvalue weighted by Crippen LogP contribution is 2.19. The number of nitrogen functional groups attached to an aromatic ring is 1. The van der Waals surface area contributed by atoms with Crippen LogP contribution in [0.2, 0.25) is 0 Å². The number of hydrogen-bond donors (Lipinski definition) is 2. The first-order valence-electron chi connectivity index (χ1n) is 6.24. The van der Waals surface area contributed by atoms with Crippen LogP contribution < -0.4 is 11.1 Å². The Morgan fingerprint density at radius 1 is 1.45 bits per heavy atom. The molecule has 106 valence electrons. The molecule has 2 aromatic rings. The number of nitrogens with zero attached hydrogens (tertiary/aromatic N) is 1. The third-order valence-electron chi connectivity index (χ3n) is 2.85. The van der Waals surface area contributed by atoms with Crippen LogP contribution in [-0.2, 0) is 6.42 Å². The fourth-order valence-corrected chi connectivity index (χ4v) is 2.68. The minimum absolute atomic E-state index is 0.0596. The molecule has 0 radical (unpaired) electrons. The molecule has 0 aliphatic rings. The fraction of sp³-hybridized carbons (Fsp3) is 0.286. The molecular weight excluding hydrogens is 277 g/mol. The largest absolute Gasteiger partial charge is 0.375 e. The van der Waals surface area contributed by atoms with E-state index in [0.717, 1.165) is 5.56 Å². The van der Waals surface area contributed by atoms with Gasteiger partial charge >= 0.3 is 0 Å². The minimum atomic E-state index is -0.263. The van der Waals surface area contributed by atoms with E-state index in [0.29, 0.717) is 22.1 Å². The number of carbonyl (C=O) groups is 1. The average Bonchev–Trinajstić information content (AvgIpc) is 2.71. The average molecular weight is 293 g/mol. The van der Waals surface area contributed by atoms with Crippen molar-refractivity contribution in [3.05, 3.63) is 46.2 Å². The van der Waals surface area contributed by atoms with Crippen LogP contribution in [-0.4, -0.2) is 16.9 Å². The first-order chi connectivity index (χ1) is 9.45. The van der Waals surface area contributed by atoms with Gasteiger partial charge in [-0.3, -0.25) is 4.79 Å². The maximum absolute atomic E-state index is 12.8. The molecule has 1 aromatic carbocycles. The van der Waals surface area contributed by atoms with Gasteiger partial charge in [0.05, 0.1) is 5.69 Å². The summed E-state index contributed by atoms with van der Waals surface area (Å²) in [5.74, 6) is -0.437. The Kier molecular flexibility index (Phi) is 4.34. The van der Waals surface area contributed by atoms with Crippen LogP contribution in [0.15, 0.2) is 24.3 Å². The fourth-order valence-electron chi connectivity index (χ4n) is 1.94. The van der Waals surface area contributed by atoms with Crippen LogP contribution in [0.1, 0.15) is 27.9 Å². The summed E-state index contributed by atoms with van der Waals surface area (Å²) in [6.07, 6.45) is 0.638. The first-order valence-corrected chi connectivity index (χ1v) is 7.05. The van der Waals surface area contributed by atoms with Crippen LogP contribution >= 0.6 is 11.3 Å². The summed E-state index contributed by atoms with van der Waals surface area (Å²) in [4.78, 5) is 16.6. The molecule has 0 saturated heterocycles. The lowest BCUT2D eigenvalue weighted by molar-refractivity contribution is 0.0943. The van der Waals surface area contributed by atoms with E-state index in [1.807, 2.05) is 6.92 Å². The summed E-state index contributed by atoms with van der Waals surface area (Å²) in [7, 11) is 0. The van der Waals surface area contributed by atoms with Crippen molar-refractivity contribution in [1.82, 2.24) is 10.3 Å². The number of carbonyl (C=O) groups excluding carboxylic acids is 1. The topological polar surface area (TPSA) is 68.0 Å². The van der Waals surface area contributed by atoms with E-state index in [9.17, 15) is 9.18 Å². The van der Waals surface area contributed by atoms with Gasteiger partial charge in [-0.15, -0.1) is 0 Å². The van der Waals surface area contributed by atoms with Crippen LogP contribution in [0.3, 0.4) is 0 Å². The third kappa shape index (κ3) is 3.54. The summed E-state index contributed by atoms with van der Waals surface area (Å²) in [5.41, 5.74) is 7.19. The zero-order chi connectivity index (χ0) is 14.7. The van der Waals surface area contributed by atoms with Crippen LogP contribution in [0.5, 0.6) is 0 Å². The standard InChI is InChI=1S/C14H16FN3OS/c1-8(7-10-3-5-11(15)6-4-10)17-13(19)12-9(2)18-14(16)20-12/h3-6,8H,7H2,1-2H3,(H2,16,18)(H,17,19). The Hall–Kier alpha value is -1.95. The van der Waals surface area contributed by atoms with Gasteiger partial charge in [0, 0.05) is 6.04 Å². The van der Waals surface area contributed by atoms with Gasteiger partial charge in [0.25, 0.3) is 5.91 Å². The molecule has 0 bridgehead atoms. The second kappa shape index (κ2) is 6.00. The number of nitrogens with two attached hydrogens (primary N) is 1. The van der Waals surface area contributed by atoms with E-state index in [1.165, 1.54) is 23.5 Å². The number of nitrogens with one attached hydrogen (secondary N) is 1. The van der Waals surface area contributed by atoms with Gasteiger partial charge in [-0.05, 0) is 38.0 Å². The maximum Gasteiger partial charge on any atom is 0.263 e. The number of amides is 1. The molecule has 1 atom stereocenters. The molecule has 1 heterocycles. The third-order valence-corrected chi connectivity index (χ3v) is 3.84. The molecule has 4 nitrogen and oxygen atoms in total. The van der Waals surface area contributed by atoms with Crippen molar-refractivity contribution >= 4 is 22.4 Å². The molecular formula is C14H16FN3OS. The van der Waals surface area contributed by atoms with Gasteiger partial charge in [0.15, 0.2) is 5.13 Å². The number of anilines is 1. The second-order valence-corrected chi connectivity index (χ2v) is 5.70. The molecule has 0 aliphatic carbocycles.